The van der Waals surface area contributed by atoms with Gasteiger partial charge in [0.15, 0.2) is 9.84 Å². The van der Waals surface area contributed by atoms with Gasteiger partial charge in [0.1, 0.15) is 5.82 Å². The second kappa shape index (κ2) is 7.41. The lowest BCUT2D eigenvalue weighted by molar-refractivity contribution is -0.137. The Balaban J connectivity index is 1.72. The number of halogens is 1. The Hall–Kier alpha value is -1.47. The summed E-state index contributed by atoms with van der Waals surface area (Å²) in [5, 5.41) is 0. The highest BCUT2D eigenvalue weighted by Crippen LogP contribution is 2.26. The largest absolute Gasteiger partial charge is 0.338 e. The van der Waals surface area contributed by atoms with Crippen molar-refractivity contribution in [3.63, 3.8) is 0 Å². The third kappa shape index (κ3) is 4.03. The maximum absolute atomic E-state index is 13.9. The average molecular weight is 368 g/mol. The van der Waals surface area contributed by atoms with Crippen molar-refractivity contribution in [3.8, 4) is 0 Å². The molecule has 1 amide bonds. The van der Waals surface area contributed by atoms with E-state index in [-0.39, 0.29) is 35.3 Å². The molecule has 2 fully saturated rings. The van der Waals surface area contributed by atoms with Gasteiger partial charge in [-0.3, -0.25) is 9.69 Å². The number of carbonyl (C=O) groups excluding carboxylic acids is 1. The van der Waals surface area contributed by atoms with Crippen LogP contribution in [0, 0.1) is 5.82 Å². The van der Waals surface area contributed by atoms with E-state index in [1.807, 2.05) is 11.8 Å². The minimum absolute atomic E-state index is 0.0153. The molecule has 2 unspecified atom stereocenters. The summed E-state index contributed by atoms with van der Waals surface area (Å²) < 4.78 is 37.5. The van der Waals surface area contributed by atoms with E-state index in [0.717, 1.165) is 19.4 Å². The fourth-order valence-corrected chi connectivity index (χ4v) is 5.68. The highest BCUT2D eigenvalue weighted by Gasteiger charge is 2.39. The molecule has 25 heavy (non-hydrogen) atoms. The zero-order valence-electron chi connectivity index (χ0n) is 14.5. The van der Waals surface area contributed by atoms with Crippen LogP contribution in [0.1, 0.15) is 31.7 Å². The number of carbonyl (C=O) groups is 1. The molecule has 3 rings (SSSR count). The summed E-state index contributed by atoms with van der Waals surface area (Å²) in [5.41, 5.74) is 0.591. The van der Waals surface area contributed by atoms with Crippen LogP contribution in [0.4, 0.5) is 4.39 Å². The summed E-state index contributed by atoms with van der Waals surface area (Å²) in [6.07, 6.45) is 2.15. The first-order valence-electron chi connectivity index (χ1n) is 8.89. The molecule has 0 spiro atoms. The number of hydrogen-bond donors (Lipinski definition) is 0. The molecular formula is C18H25FN2O3S. The molecule has 0 aromatic heterocycles. The number of hydrogen-bond acceptors (Lipinski definition) is 4. The van der Waals surface area contributed by atoms with Gasteiger partial charge in [-0.1, -0.05) is 18.2 Å². The lowest BCUT2D eigenvalue weighted by atomic mass is 10.1. The first-order chi connectivity index (χ1) is 11.9. The van der Waals surface area contributed by atoms with Crippen LogP contribution in [0.3, 0.4) is 0 Å². The van der Waals surface area contributed by atoms with E-state index in [2.05, 4.69) is 0 Å². The highest BCUT2D eigenvalue weighted by molar-refractivity contribution is 7.91. The molecule has 138 valence electrons. The normalized spacial score (nSPS) is 26.0. The van der Waals surface area contributed by atoms with Crippen molar-refractivity contribution >= 4 is 15.7 Å². The fourth-order valence-electron chi connectivity index (χ4n) is 3.95. The standard InChI is InChI=1S/C18H25FN2O3S/c1-2-21(15-9-11-25(23,24)13-15)18(22)17-8-5-10-20(17)12-14-6-3-4-7-16(14)19/h3-4,6-7,15,17H,2,5,8-13H2,1H3. The Kier molecular flexibility index (Phi) is 5.43. The molecule has 0 N–H and O–H groups in total. The van der Waals surface area contributed by atoms with Crippen molar-refractivity contribution in [2.75, 3.05) is 24.6 Å². The summed E-state index contributed by atoms with van der Waals surface area (Å²) in [4.78, 5) is 16.8. The lowest BCUT2D eigenvalue weighted by Crippen LogP contribution is -2.50. The molecule has 0 saturated carbocycles. The minimum atomic E-state index is -3.03. The number of rotatable bonds is 5. The number of sulfone groups is 1. The third-order valence-electron chi connectivity index (χ3n) is 5.25. The Bertz CT molecular complexity index is 738. The summed E-state index contributed by atoms with van der Waals surface area (Å²) in [6.45, 7) is 3.55. The van der Waals surface area contributed by atoms with Crippen LogP contribution in [0.15, 0.2) is 24.3 Å². The summed E-state index contributed by atoms with van der Waals surface area (Å²) in [6, 6.07) is 6.12. The molecule has 2 heterocycles. The van der Waals surface area contributed by atoms with Gasteiger partial charge in [0.2, 0.25) is 5.91 Å². The first-order valence-corrected chi connectivity index (χ1v) is 10.7. The predicted octanol–water partition coefficient (Wildman–Crippen LogP) is 1.83. The van der Waals surface area contributed by atoms with Gasteiger partial charge in [-0.25, -0.2) is 12.8 Å². The number of nitrogens with zero attached hydrogens (tertiary/aromatic N) is 2. The van der Waals surface area contributed by atoms with Gasteiger partial charge < -0.3 is 4.90 Å². The van der Waals surface area contributed by atoms with E-state index >= 15 is 0 Å². The molecule has 7 heteroatoms. The Morgan fingerprint density at radius 2 is 2.08 bits per heavy atom. The van der Waals surface area contributed by atoms with Gasteiger partial charge in [0.05, 0.1) is 17.5 Å². The van der Waals surface area contributed by atoms with E-state index in [1.54, 1.807) is 23.1 Å². The molecule has 2 atom stereocenters. The van der Waals surface area contributed by atoms with Crippen LogP contribution in [-0.4, -0.2) is 60.8 Å². The second-order valence-corrected chi connectivity index (χ2v) is 9.13. The van der Waals surface area contributed by atoms with Crippen molar-refractivity contribution in [2.45, 2.75) is 44.8 Å². The quantitative estimate of drug-likeness (QED) is 0.796. The van der Waals surface area contributed by atoms with Crippen LogP contribution in [-0.2, 0) is 21.2 Å². The van der Waals surface area contributed by atoms with Crippen LogP contribution in [0.25, 0.3) is 0 Å². The molecule has 2 aliphatic heterocycles. The smallest absolute Gasteiger partial charge is 0.240 e. The van der Waals surface area contributed by atoms with Crippen molar-refractivity contribution in [2.24, 2.45) is 0 Å². The molecule has 2 aliphatic rings. The topological polar surface area (TPSA) is 57.7 Å². The molecule has 0 bridgehead atoms. The van der Waals surface area contributed by atoms with Crippen LogP contribution < -0.4 is 0 Å². The van der Waals surface area contributed by atoms with Gasteiger partial charge in [-0.2, -0.15) is 0 Å². The minimum Gasteiger partial charge on any atom is -0.338 e. The molecule has 0 aliphatic carbocycles. The van der Waals surface area contributed by atoms with E-state index in [1.165, 1.54) is 6.07 Å². The van der Waals surface area contributed by atoms with E-state index in [0.29, 0.717) is 25.1 Å². The summed E-state index contributed by atoms with van der Waals surface area (Å²) >= 11 is 0. The zero-order valence-corrected chi connectivity index (χ0v) is 15.3. The molecule has 1 aromatic carbocycles. The van der Waals surface area contributed by atoms with Crippen LogP contribution in [0.5, 0.6) is 0 Å². The fraction of sp³-hybridized carbons (Fsp3) is 0.611. The number of likely N-dealkylation sites (N-methyl/N-ethyl adjacent to an activating group) is 1. The maximum atomic E-state index is 13.9. The Morgan fingerprint density at radius 3 is 2.72 bits per heavy atom. The summed E-state index contributed by atoms with van der Waals surface area (Å²) in [5.74, 6) is -0.0502. The van der Waals surface area contributed by atoms with E-state index in [9.17, 15) is 17.6 Å². The summed E-state index contributed by atoms with van der Waals surface area (Å²) in [7, 11) is -3.03. The highest BCUT2D eigenvalue weighted by atomic mass is 32.2. The number of amides is 1. The molecule has 2 saturated heterocycles. The first kappa shape index (κ1) is 18.3. The molecule has 5 nitrogen and oxygen atoms in total. The van der Waals surface area contributed by atoms with E-state index in [4.69, 9.17) is 0 Å². The molecule has 1 aromatic rings. The zero-order chi connectivity index (χ0) is 18.0. The number of benzene rings is 1. The van der Waals surface area contributed by atoms with Crippen molar-refractivity contribution in [1.29, 1.82) is 0 Å². The second-order valence-electron chi connectivity index (χ2n) is 6.90. The van der Waals surface area contributed by atoms with Gasteiger partial charge >= 0.3 is 0 Å². The van der Waals surface area contributed by atoms with Crippen molar-refractivity contribution in [1.82, 2.24) is 9.80 Å². The maximum Gasteiger partial charge on any atom is 0.240 e. The van der Waals surface area contributed by atoms with Crippen LogP contribution in [0.2, 0.25) is 0 Å². The number of likely N-dealkylation sites (tertiary alicyclic amines) is 1. The lowest BCUT2D eigenvalue weighted by Gasteiger charge is -2.33. The van der Waals surface area contributed by atoms with Gasteiger partial charge in [-0.15, -0.1) is 0 Å². The van der Waals surface area contributed by atoms with E-state index < -0.39 is 9.84 Å². The SMILES string of the molecule is CCN(C(=O)C1CCCN1Cc1ccccc1F)C1CCS(=O)(=O)C1. The molecular weight excluding hydrogens is 343 g/mol. The van der Waals surface area contributed by atoms with Crippen molar-refractivity contribution < 1.29 is 17.6 Å². The van der Waals surface area contributed by atoms with Gasteiger partial charge in [0.25, 0.3) is 0 Å². The molecule has 0 radical (unpaired) electrons. The third-order valence-corrected chi connectivity index (χ3v) is 7.00. The van der Waals surface area contributed by atoms with Crippen molar-refractivity contribution in [3.05, 3.63) is 35.6 Å². The van der Waals surface area contributed by atoms with Gasteiger partial charge in [-0.05, 0) is 38.8 Å². The van der Waals surface area contributed by atoms with Gasteiger partial charge in [0, 0.05) is 24.7 Å². The predicted molar refractivity (Wildman–Crippen MR) is 94.3 cm³/mol. The Morgan fingerprint density at radius 1 is 1.32 bits per heavy atom. The Labute approximate surface area is 148 Å². The monoisotopic (exact) mass is 368 g/mol. The van der Waals surface area contributed by atoms with Crippen LogP contribution >= 0.6 is 0 Å². The average Bonchev–Trinajstić information content (AvgIpc) is 3.16.